The minimum atomic E-state index is -1.89. The number of ether oxygens (including phenoxy) is 6. The van der Waals surface area contributed by atoms with Crippen molar-refractivity contribution in [3.05, 3.63) is 82.6 Å². The number of benzene rings is 3. The summed E-state index contributed by atoms with van der Waals surface area (Å²) in [5.74, 6) is 1.67. The van der Waals surface area contributed by atoms with Gasteiger partial charge in [-0.1, -0.05) is 36.4 Å². The minimum absolute atomic E-state index is 0.0161. The third kappa shape index (κ3) is 2.90. The molecule has 216 valence electrons. The summed E-state index contributed by atoms with van der Waals surface area (Å²) in [5.41, 5.74) is -0.782. The fraction of sp³-hybridized carbons (Fsp3) is 0.344. The summed E-state index contributed by atoms with van der Waals surface area (Å²) in [6.07, 6.45) is 1.39. The van der Waals surface area contributed by atoms with Crippen LogP contribution in [-0.2, 0) is 16.0 Å². The van der Waals surface area contributed by atoms with Gasteiger partial charge >= 0.3 is 0 Å². The molecule has 2 N–H and O–H groups in total. The molecule has 0 saturated carbocycles. The van der Waals surface area contributed by atoms with Gasteiger partial charge in [-0.3, -0.25) is 4.79 Å². The van der Waals surface area contributed by atoms with E-state index in [4.69, 9.17) is 28.4 Å². The molecule has 1 aliphatic carbocycles. The molecule has 1 saturated heterocycles. The van der Waals surface area contributed by atoms with Crippen molar-refractivity contribution in [2.75, 3.05) is 34.7 Å². The maximum Gasteiger partial charge on any atom is 0.254 e. The van der Waals surface area contributed by atoms with Crippen LogP contribution in [0.25, 0.3) is 0 Å². The second-order valence-corrected chi connectivity index (χ2v) is 11.1. The molecule has 4 aliphatic heterocycles. The zero-order chi connectivity index (χ0) is 28.8. The number of nitrogens with zero attached hydrogens (tertiary/aromatic N) is 1. The van der Waals surface area contributed by atoms with E-state index in [2.05, 4.69) is 5.32 Å². The van der Waals surface area contributed by atoms with Crippen LogP contribution in [0.5, 0.6) is 34.5 Å². The van der Waals surface area contributed by atoms with Crippen molar-refractivity contribution in [2.45, 2.75) is 36.1 Å². The molecule has 42 heavy (non-hydrogen) atoms. The summed E-state index contributed by atoms with van der Waals surface area (Å²) in [7, 11) is 4.65. The first-order valence-corrected chi connectivity index (χ1v) is 14.0. The van der Waals surface area contributed by atoms with E-state index in [1.807, 2.05) is 47.4 Å². The van der Waals surface area contributed by atoms with Gasteiger partial charge in [-0.25, -0.2) is 0 Å². The summed E-state index contributed by atoms with van der Waals surface area (Å²) < 4.78 is 35.8. The zero-order valence-corrected chi connectivity index (χ0v) is 23.4. The second-order valence-electron chi connectivity index (χ2n) is 11.1. The van der Waals surface area contributed by atoms with Gasteiger partial charge in [0.25, 0.3) is 5.91 Å². The van der Waals surface area contributed by atoms with E-state index in [0.29, 0.717) is 63.4 Å². The molecule has 8 rings (SSSR count). The maximum absolute atomic E-state index is 14.4. The summed E-state index contributed by atoms with van der Waals surface area (Å²) in [4.78, 5) is 16.3. The van der Waals surface area contributed by atoms with E-state index >= 15 is 0 Å². The van der Waals surface area contributed by atoms with Gasteiger partial charge in [-0.15, -0.1) is 0 Å². The van der Waals surface area contributed by atoms with Crippen molar-refractivity contribution in [2.24, 2.45) is 0 Å². The quantitative estimate of drug-likeness (QED) is 0.477. The van der Waals surface area contributed by atoms with Crippen LogP contribution >= 0.6 is 0 Å². The molecular formula is C32H30N2O8. The monoisotopic (exact) mass is 570 g/mol. The van der Waals surface area contributed by atoms with E-state index in [1.54, 1.807) is 26.4 Å². The lowest BCUT2D eigenvalue weighted by Gasteiger charge is -2.42. The number of carbonyl (C=O) groups is 1. The molecule has 0 aromatic heterocycles. The number of rotatable bonds is 5. The van der Waals surface area contributed by atoms with Crippen LogP contribution in [0.2, 0.25) is 0 Å². The molecule has 0 radical (unpaired) electrons. The Hall–Kier alpha value is -4.57. The molecule has 4 heterocycles. The lowest BCUT2D eigenvalue weighted by atomic mass is 9.69. The molecule has 10 nitrogen and oxygen atoms in total. The summed E-state index contributed by atoms with van der Waals surface area (Å²) in [5, 5.41) is 17.1. The maximum atomic E-state index is 14.4. The van der Waals surface area contributed by atoms with Crippen molar-refractivity contribution in [3.63, 3.8) is 0 Å². The topological polar surface area (TPSA) is 108 Å². The molecule has 1 amide bonds. The minimum Gasteiger partial charge on any atom is -0.493 e. The predicted molar refractivity (Wildman–Crippen MR) is 149 cm³/mol. The largest absolute Gasteiger partial charge is 0.493 e. The molecule has 0 bridgehead atoms. The second kappa shape index (κ2) is 8.72. The fourth-order valence-electron chi connectivity index (χ4n) is 7.60. The highest BCUT2D eigenvalue weighted by Gasteiger charge is 2.75. The highest BCUT2D eigenvalue weighted by molar-refractivity contribution is 6.00. The van der Waals surface area contributed by atoms with Crippen LogP contribution in [0.15, 0.2) is 65.9 Å². The first kappa shape index (κ1) is 25.2. The Morgan fingerprint density at radius 3 is 2.55 bits per heavy atom. The Morgan fingerprint density at radius 2 is 1.79 bits per heavy atom. The average molecular weight is 571 g/mol. The van der Waals surface area contributed by atoms with Crippen LogP contribution < -0.4 is 33.7 Å². The molecule has 10 heteroatoms. The molecule has 4 atom stereocenters. The number of carbonyl (C=O) groups excluding carboxylic acids is 1. The average Bonchev–Trinajstić information content (AvgIpc) is 3.78. The molecular weight excluding hydrogens is 540 g/mol. The van der Waals surface area contributed by atoms with Crippen LogP contribution in [0.1, 0.15) is 35.4 Å². The van der Waals surface area contributed by atoms with Gasteiger partial charge in [0.05, 0.1) is 44.1 Å². The summed E-state index contributed by atoms with van der Waals surface area (Å²) >= 11 is 0. The number of nitrogens with one attached hydrogen (secondary N) is 1. The Kier molecular flexibility index (Phi) is 5.22. The van der Waals surface area contributed by atoms with Gasteiger partial charge in [0.15, 0.2) is 34.2 Å². The van der Waals surface area contributed by atoms with Crippen LogP contribution in [0.4, 0.5) is 0 Å². The zero-order valence-electron chi connectivity index (χ0n) is 23.4. The van der Waals surface area contributed by atoms with Crippen LogP contribution in [-0.4, -0.2) is 56.7 Å². The molecule has 1 fully saturated rings. The van der Waals surface area contributed by atoms with Gasteiger partial charge in [0.1, 0.15) is 11.9 Å². The number of amides is 1. The SMILES string of the molecule is COc1ccc(C23Oc4cc5c(c(OC)c4C2(O)C2=C(C(=O)N4CCCC4N2)C3c2ccccc2)OCO5)cc1OC. The molecule has 5 aliphatic rings. The Labute approximate surface area is 242 Å². The molecule has 3 aromatic rings. The first-order chi connectivity index (χ1) is 20.5. The van der Waals surface area contributed by atoms with E-state index in [9.17, 15) is 9.90 Å². The summed E-state index contributed by atoms with van der Waals surface area (Å²) in [6.45, 7) is 0.651. The first-order valence-electron chi connectivity index (χ1n) is 14.0. The number of hydrogen-bond acceptors (Lipinski definition) is 9. The third-order valence-corrected chi connectivity index (χ3v) is 9.28. The standard InChI is InChI=1S/C32H30N2O8/c1-37-19-12-11-18(14-20(19)38-2)32-25(17-8-5-4-6-9-17)24-29(33-23-10-7-13-34(23)30(24)35)31(32,36)26-21(42-32)15-22-27(28(26)39-3)41-16-40-22/h4-6,8-9,11-12,14-15,23,25,33,36H,7,10,13,16H2,1-3H3. The van der Waals surface area contributed by atoms with Crippen LogP contribution in [0.3, 0.4) is 0 Å². The molecule has 0 spiro atoms. The third-order valence-electron chi connectivity index (χ3n) is 9.28. The lowest BCUT2D eigenvalue weighted by molar-refractivity contribution is -0.129. The lowest BCUT2D eigenvalue weighted by Crippen LogP contribution is -2.54. The van der Waals surface area contributed by atoms with E-state index in [0.717, 1.165) is 18.4 Å². The van der Waals surface area contributed by atoms with Gasteiger partial charge < -0.3 is 43.7 Å². The van der Waals surface area contributed by atoms with Crippen LogP contribution in [0, 0.1) is 0 Å². The smallest absolute Gasteiger partial charge is 0.254 e. The number of hydrogen-bond donors (Lipinski definition) is 2. The van der Waals surface area contributed by atoms with E-state index < -0.39 is 17.1 Å². The number of fused-ring (bicyclic) bond motifs is 6. The fourth-order valence-corrected chi connectivity index (χ4v) is 7.60. The van der Waals surface area contributed by atoms with Gasteiger partial charge in [-0.05, 0) is 30.5 Å². The van der Waals surface area contributed by atoms with Gasteiger partial charge in [0, 0.05) is 18.2 Å². The number of methoxy groups -OCH3 is 3. The highest BCUT2D eigenvalue weighted by Crippen LogP contribution is 2.72. The predicted octanol–water partition coefficient (Wildman–Crippen LogP) is 3.52. The van der Waals surface area contributed by atoms with Gasteiger partial charge in [-0.2, -0.15) is 0 Å². The van der Waals surface area contributed by atoms with Crippen molar-refractivity contribution in [1.29, 1.82) is 0 Å². The summed E-state index contributed by atoms with van der Waals surface area (Å²) in [6, 6.07) is 16.9. The Balaban J connectivity index is 1.49. The van der Waals surface area contributed by atoms with E-state index in [1.165, 1.54) is 7.11 Å². The Bertz CT molecular complexity index is 1670. The van der Waals surface area contributed by atoms with Crippen molar-refractivity contribution in [3.8, 4) is 34.5 Å². The normalized spacial score (nSPS) is 28.0. The van der Waals surface area contributed by atoms with Crippen molar-refractivity contribution >= 4 is 5.91 Å². The van der Waals surface area contributed by atoms with E-state index in [-0.39, 0.29) is 18.9 Å². The number of aliphatic hydroxyl groups is 1. The highest BCUT2D eigenvalue weighted by atomic mass is 16.7. The van der Waals surface area contributed by atoms with Crippen molar-refractivity contribution < 1.29 is 38.3 Å². The van der Waals surface area contributed by atoms with Gasteiger partial charge in [0.2, 0.25) is 12.5 Å². The van der Waals surface area contributed by atoms with Crippen molar-refractivity contribution in [1.82, 2.24) is 10.2 Å². The molecule has 3 aromatic carbocycles. The molecule has 4 unspecified atom stereocenters. The Morgan fingerprint density at radius 1 is 0.976 bits per heavy atom.